The molecule has 3 rings (SSSR count). The summed E-state index contributed by atoms with van der Waals surface area (Å²) in [5.74, 6) is 1.10. The number of benzene rings is 2. The SMILES string of the molecule is C1=Cc2ccc3ccccc3c2SC1. The van der Waals surface area contributed by atoms with Gasteiger partial charge in [0.25, 0.3) is 0 Å². The Balaban J connectivity index is 2.41. The highest BCUT2D eigenvalue weighted by Gasteiger charge is 2.07. The molecule has 0 saturated heterocycles. The van der Waals surface area contributed by atoms with E-state index in [9.17, 15) is 0 Å². The van der Waals surface area contributed by atoms with E-state index in [1.807, 2.05) is 11.8 Å². The molecule has 1 aliphatic rings. The molecule has 2 aromatic carbocycles. The van der Waals surface area contributed by atoms with Crippen molar-refractivity contribution in [1.82, 2.24) is 0 Å². The second-order valence-electron chi connectivity index (χ2n) is 3.42. The molecule has 1 aliphatic heterocycles. The van der Waals surface area contributed by atoms with Crippen molar-refractivity contribution in [1.29, 1.82) is 0 Å². The van der Waals surface area contributed by atoms with Crippen LogP contribution < -0.4 is 0 Å². The lowest BCUT2D eigenvalue weighted by atomic mass is 10.1. The molecule has 0 unspecified atom stereocenters. The van der Waals surface area contributed by atoms with Crippen LogP contribution in [0.2, 0.25) is 0 Å². The van der Waals surface area contributed by atoms with E-state index in [1.165, 1.54) is 21.2 Å². The summed E-state index contributed by atoms with van der Waals surface area (Å²) in [7, 11) is 0. The fraction of sp³-hybridized carbons (Fsp3) is 0.0769. The predicted molar refractivity (Wildman–Crippen MR) is 63.7 cm³/mol. The van der Waals surface area contributed by atoms with E-state index < -0.39 is 0 Å². The summed E-state index contributed by atoms with van der Waals surface area (Å²) in [5.41, 5.74) is 1.36. The molecule has 0 radical (unpaired) electrons. The zero-order valence-electron chi connectivity index (χ0n) is 7.73. The summed E-state index contributed by atoms with van der Waals surface area (Å²) in [4.78, 5) is 1.44. The molecule has 2 aromatic rings. The first-order valence-corrected chi connectivity index (χ1v) is 5.75. The van der Waals surface area contributed by atoms with Gasteiger partial charge in [-0.1, -0.05) is 48.6 Å². The van der Waals surface area contributed by atoms with Crippen LogP contribution in [-0.2, 0) is 0 Å². The molecule has 0 spiro atoms. The first-order chi connectivity index (χ1) is 6.95. The third kappa shape index (κ3) is 1.17. The van der Waals surface area contributed by atoms with Gasteiger partial charge in [0.05, 0.1) is 0 Å². The fourth-order valence-electron chi connectivity index (χ4n) is 1.86. The topological polar surface area (TPSA) is 0 Å². The summed E-state index contributed by atoms with van der Waals surface area (Å²) in [6, 6.07) is 13.0. The molecule has 1 heterocycles. The van der Waals surface area contributed by atoms with Crippen molar-refractivity contribution in [3.05, 3.63) is 48.0 Å². The van der Waals surface area contributed by atoms with Crippen LogP contribution in [0.5, 0.6) is 0 Å². The monoisotopic (exact) mass is 198 g/mol. The largest absolute Gasteiger partial charge is 0.121 e. The van der Waals surface area contributed by atoms with Crippen LogP contribution in [0.25, 0.3) is 16.8 Å². The third-order valence-corrected chi connectivity index (χ3v) is 3.63. The van der Waals surface area contributed by atoms with Crippen molar-refractivity contribution in [3.63, 3.8) is 0 Å². The minimum absolute atomic E-state index is 1.10. The molecule has 0 fully saturated rings. The average molecular weight is 198 g/mol. The molecule has 0 aromatic heterocycles. The summed E-state index contributed by atoms with van der Waals surface area (Å²) >= 11 is 1.93. The Morgan fingerprint density at radius 1 is 1.00 bits per heavy atom. The van der Waals surface area contributed by atoms with E-state index in [4.69, 9.17) is 0 Å². The van der Waals surface area contributed by atoms with Gasteiger partial charge in [-0.3, -0.25) is 0 Å². The van der Waals surface area contributed by atoms with Crippen molar-refractivity contribution in [2.75, 3.05) is 5.75 Å². The van der Waals surface area contributed by atoms with Crippen LogP contribution >= 0.6 is 11.8 Å². The Morgan fingerprint density at radius 2 is 1.93 bits per heavy atom. The predicted octanol–water partition coefficient (Wildman–Crippen LogP) is 3.96. The molecule has 14 heavy (non-hydrogen) atoms. The molecular weight excluding hydrogens is 188 g/mol. The van der Waals surface area contributed by atoms with E-state index in [2.05, 4.69) is 48.6 Å². The number of hydrogen-bond acceptors (Lipinski definition) is 1. The highest BCUT2D eigenvalue weighted by molar-refractivity contribution is 7.99. The normalized spacial score (nSPS) is 14.3. The second kappa shape index (κ2) is 3.18. The zero-order chi connectivity index (χ0) is 9.38. The molecule has 1 heteroatoms. The van der Waals surface area contributed by atoms with Crippen LogP contribution in [0.15, 0.2) is 47.4 Å². The van der Waals surface area contributed by atoms with Gasteiger partial charge in [-0.15, -0.1) is 11.8 Å². The van der Waals surface area contributed by atoms with Gasteiger partial charge in [-0.05, 0) is 16.3 Å². The Hall–Kier alpha value is -1.21. The maximum absolute atomic E-state index is 2.22. The van der Waals surface area contributed by atoms with Gasteiger partial charge in [-0.2, -0.15) is 0 Å². The van der Waals surface area contributed by atoms with Gasteiger partial charge in [-0.25, -0.2) is 0 Å². The fourth-order valence-corrected chi connectivity index (χ4v) is 2.86. The van der Waals surface area contributed by atoms with Gasteiger partial charge in [0.1, 0.15) is 0 Å². The number of thioether (sulfide) groups is 1. The van der Waals surface area contributed by atoms with Gasteiger partial charge in [0.2, 0.25) is 0 Å². The lowest BCUT2D eigenvalue weighted by Gasteiger charge is -2.12. The van der Waals surface area contributed by atoms with Gasteiger partial charge < -0.3 is 0 Å². The molecular formula is C13H10S. The lowest BCUT2D eigenvalue weighted by molar-refractivity contribution is 1.47. The van der Waals surface area contributed by atoms with Crippen molar-refractivity contribution in [2.24, 2.45) is 0 Å². The highest BCUT2D eigenvalue weighted by atomic mass is 32.2. The number of hydrogen-bond donors (Lipinski definition) is 0. The maximum Gasteiger partial charge on any atom is 0.0226 e. The molecule has 0 N–H and O–H groups in total. The first-order valence-electron chi connectivity index (χ1n) is 4.76. The number of fused-ring (bicyclic) bond motifs is 3. The highest BCUT2D eigenvalue weighted by Crippen LogP contribution is 2.34. The van der Waals surface area contributed by atoms with Crippen molar-refractivity contribution < 1.29 is 0 Å². The van der Waals surface area contributed by atoms with Crippen LogP contribution in [0.3, 0.4) is 0 Å². The van der Waals surface area contributed by atoms with Crippen molar-refractivity contribution >= 4 is 28.6 Å². The summed E-state index contributed by atoms with van der Waals surface area (Å²) in [6.07, 6.45) is 4.44. The minimum atomic E-state index is 1.10. The Kier molecular flexibility index (Phi) is 1.84. The summed E-state index contributed by atoms with van der Waals surface area (Å²) < 4.78 is 0. The third-order valence-electron chi connectivity index (χ3n) is 2.53. The average Bonchev–Trinajstić information content (AvgIpc) is 2.29. The molecule has 0 bridgehead atoms. The van der Waals surface area contributed by atoms with E-state index in [0.717, 1.165) is 5.75 Å². The second-order valence-corrected chi connectivity index (χ2v) is 4.45. The van der Waals surface area contributed by atoms with E-state index in [0.29, 0.717) is 0 Å². The first kappa shape index (κ1) is 8.13. The van der Waals surface area contributed by atoms with Gasteiger partial charge in [0, 0.05) is 10.6 Å². The molecule has 0 amide bonds. The Labute approximate surface area is 87.6 Å². The molecule has 0 aliphatic carbocycles. The Morgan fingerprint density at radius 3 is 2.93 bits per heavy atom. The zero-order valence-corrected chi connectivity index (χ0v) is 8.55. The standard InChI is InChI=1S/C13H10S/c1-2-6-12-10(4-1)7-8-11-5-3-9-14-13(11)12/h1-8H,9H2. The van der Waals surface area contributed by atoms with E-state index in [1.54, 1.807) is 0 Å². The van der Waals surface area contributed by atoms with Crippen LogP contribution in [-0.4, -0.2) is 5.75 Å². The van der Waals surface area contributed by atoms with Crippen LogP contribution in [0.4, 0.5) is 0 Å². The number of rotatable bonds is 0. The molecule has 0 nitrogen and oxygen atoms in total. The molecule has 68 valence electrons. The minimum Gasteiger partial charge on any atom is -0.121 e. The van der Waals surface area contributed by atoms with Gasteiger partial charge in [0.15, 0.2) is 0 Å². The van der Waals surface area contributed by atoms with E-state index >= 15 is 0 Å². The quantitative estimate of drug-likeness (QED) is 0.617. The smallest absolute Gasteiger partial charge is 0.0226 e. The van der Waals surface area contributed by atoms with Crippen molar-refractivity contribution in [2.45, 2.75) is 4.90 Å². The summed E-state index contributed by atoms with van der Waals surface area (Å²) in [5, 5.41) is 2.73. The lowest BCUT2D eigenvalue weighted by Crippen LogP contribution is -1.88. The summed E-state index contributed by atoms with van der Waals surface area (Å²) in [6.45, 7) is 0. The van der Waals surface area contributed by atoms with Crippen LogP contribution in [0, 0.1) is 0 Å². The van der Waals surface area contributed by atoms with Gasteiger partial charge >= 0.3 is 0 Å². The van der Waals surface area contributed by atoms with E-state index in [-0.39, 0.29) is 0 Å². The molecule has 0 saturated carbocycles. The molecule has 0 atom stereocenters. The Bertz CT molecular complexity index is 512. The van der Waals surface area contributed by atoms with Crippen molar-refractivity contribution in [3.8, 4) is 0 Å². The maximum atomic E-state index is 2.22. The van der Waals surface area contributed by atoms with Crippen LogP contribution in [0.1, 0.15) is 5.56 Å².